The van der Waals surface area contributed by atoms with Crippen molar-refractivity contribution in [3.05, 3.63) is 46.3 Å². The first-order chi connectivity index (χ1) is 12.6. The van der Waals surface area contributed by atoms with Gasteiger partial charge in [0.2, 0.25) is 11.1 Å². The molecule has 0 saturated carbocycles. The SMILES string of the molecule is Cc1ccc(C)c(-n2nnnc2SCCC(=O)Nc2sccc2C#N)c1. The third kappa shape index (κ3) is 4.09. The zero-order chi connectivity index (χ0) is 18.5. The van der Waals surface area contributed by atoms with E-state index in [0.717, 1.165) is 16.8 Å². The number of benzene rings is 1. The van der Waals surface area contributed by atoms with Crippen LogP contribution in [0, 0.1) is 25.2 Å². The standard InChI is InChI=1S/C17H16N6OS2/c1-11-3-4-12(2)14(9-11)23-17(20-21-22-23)26-8-6-15(24)19-16-13(10-18)5-7-25-16/h3-5,7,9H,6,8H2,1-2H3,(H,19,24). The van der Waals surface area contributed by atoms with Crippen molar-refractivity contribution in [2.45, 2.75) is 25.4 Å². The average molecular weight is 384 g/mol. The van der Waals surface area contributed by atoms with Crippen LogP contribution in [0.15, 0.2) is 34.8 Å². The van der Waals surface area contributed by atoms with Gasteiger partial charge in [-0.15, -0.1) is 16.4 Å². The number of aryl methyl sites for hydroxylation is 2. The Hall–Kier alpha value is -2.70. The normalized spacial score (nSPS) is 10.5. The lowest BCUT2D eigenvalue weighted by Gasteiger charge is -2.08. The minimum Gasteiger partial charge on any atom is -0.317 e. The van der Waals surface area contributed by atoms with Crippen molar-refractivity contribution in [3.63, 3.8) is 0 Å². The summed E-state index contributed by atoms with van der Waals surface area (Å²) in [4.78, 5) is 12.1. The number of aromatic nitrogens is 4. The zero-order valence-corrected chi connectivity index (χ0v) is 15.9. The van der Waals surface area contributed by atoms with Gasteiger partial charge in [0.1, 0.15) is 11.1 Å². The quantitative estimate of drug-likeness (QED) is 0.655. The molecule has 7 nitrogen and oxygen atoms in total. The van der Waals surface area contributed by atoms with Crippen LogP contribution < -0.4 is 5.32 Å². The van der Waals surface area contributed by atoms with Gasteiger partial charge in [0.05, 0.1) is 11.3 Å². The van der Waals surface area contributed by atoms with Gasteiger partial charge in [-0.1, -0.05) is 23.9 Å². The van der Waals surface area contributed by atoms with Crippen molar-refractivity contribution in [1.82, 2.24) is 20.2 Å². The molecule has 1 N–H and O–H groups in total. The fourth-order valence-electron chi connectivity index (χ4n) is 2.29. The number of carbonyl (C=O) groups excluding carboxylic acids is 1. The maximum Gasteiger partial charge on any atom is 0.225 e. The lowest BCUT2D eigenvalue weighted by Crippen LogP contribution is -2.12. The number of nitrogens with one attached hydrogen (secondary N) is 1. The van der Waals surface area contributed by atoms with E-state index in [1.807, 2.05) is 32.0 Å². The van der Waals surface area contributed by atoms with Crippen molar-refractivity contribution in [3.8, 4) is 11.8 Å². The summed E-state index contributed by atoms with van der Waals surface area (Å²) in [7, 11) is 0. The number of nitriles is 1. The Kier molecular flexibility index (Phi) is 5.65. The van der Waals surface area contributed by atoms with Gasteiger partial charge in [0.25, 0.3) is 0 Å². The van der Waals surface area contributed by atoms with Gasteiger partial charge in [-0.3, -0.25) is 4.79 Å². The summed E-state index contributed by atoms with van der Waals surface area (Å²) in [6, 6.07) is 9.85. The summed E-state index contributed by atoms with van der Waals surface area (Å²) in [6.45, 7) is 4.02. The van der Waals surface area contributed by atoms with Gasteiger partial charge in [-0.05, 0) is 52.9 Å². The Balaban J connectivity index is 1.61. The van der Waals surface area contributed by atoms with Gasteiger partial charge in [-0.2, -0.15) is 9.94 Å². The van der Waals surface area contributed by atoms with Crippen molar-refractivity contribution in [2.24, 2.45) is 0 Å². The Morgan fingerprint density at radius 3 is 3.04 bits per heavy atom. The smallest absolute Gasteiger partial charge is 0.225 e. The fraction of sp³-hybridized carbons (Fsp3) is 0.235. The Bertz CT molecular complexity index is 972. The molecule has 1 amide bonds. The Labute approximate surface area is 159 Å². The van der Waals surface area contributed by atoms with Crippen LogP contribution in [-0.4, -0.2) is 31.9 Å². The van der Waals surface area contributed by atoms with E-state index >= 15 is 0 Å². The van der Waals surface area contributed by atoms with Crippen LogP contribution in [0.1, 0.15) is 23.1 Å². The molecule has 0 spiro atoms. The second-order valence-corrected chi connectivity index (χ2v) is 7.56. The average Bonchev–Trinajstić information content (AvgIpc) is 3.26. The van der Waals surface area contributed by atoms with Gasteiger partial charge in [-0.25, -0.2) is 0 Å². The second-order valence-electron chi connectivity index (χ2n) is 5.59. The number of thiophene rings is 1. The van der Waals surface area contributed by atoms with E-state index in [1.165, 1.54) is 23.1 Å². The van der Waals surface area contributed by atoms with E-state index in [-0.39, 0.29) is 5.91 Å². The molecular weight excluding hydrogens is 368 g/mol. The van der Waals surface area contributed by atoms with Crippen LogP contribution in [0.25, 0.3) is 5.69 Å². The van der Waals surface area contributed by atoms with Gasteiger partial charge < -0.3 is 5.32 Å². The molecule has 0 radical (unpaired) electrons. The first-order valence-electron chi connectivity index (χ1n) is 7.84. The van der Waals surface area contributed by atoms with Crippen LogP contribution in [0.2, 0.25) is 0 Å². The second kappa shape index (κ2) is 8.12. The van der Waals surface area contributed by atoms with E-state index in [0.29, 0.717) is 27.9 Å². The number of hydrogen-bond acceptors (Lipinski definition) is 7. The van der Waals surface area contributed by atoms with E-state index < -0.39 is 0 Å². The number of thioether (sulfide) groups is 1. The lowest BCUT2D eigenvalue weighted by atomic mass is 10.1. The molecule has 2 heterocycles. The summed E-state index contributed by atoms with van der Waals surface area (Å²) in [5, 5.41) is 26.6. The van der Waals surface area contributed by atoms with Crippen LogP contribution in [0.4, 0.5) is 5.00 Å². The molecule has 0 aliphatic heterocycles. The molecule has 0 saturated heterocycles. The minimum atomic E-state index is -0.137. The van der Waals surface area contributed by atoms with Crippen molar-refractivity contribution in [1.29, 1.82) is 5.26 Å². The van der Waals surface area contributed by atoms with Crippen LogP contribution in [-0.2, 0) is 4.79 Å². The molecule has 132 valence electrons. The molecule has 0 bridgehead atoms. The van der Waals surface area contributed by atoms with Gasteiger partial charge in [0, 0.05) is 12.2 Å². The monoisotopic (exact) mass is 384 g/mol. The molecule has 0 atom stereocenters. The number of hydrogen-bond donors (Lipinski definition) is 1. The minimum absolute atomic E-state index is 0.137. The number of carbonyl (C=O) groups is 1. The molecule has 0 fully saturated rings. The van der Waals surface area contributed by atoms with Crippen molar-refractivity contribution in [2.75, 3.05) is 11.1 Å². The topological polar surface area (TPSA) is 96.5 Å². The molecule has 9 heteroatoms. The molecule has 26 heavy (non-hydrogen) atoms. The number of amides is 1. The van der Waals surface area contributed by atoms with Gasteiger partial charge in [0.15, 0.2) is 0 Å². The number of anilines is 1. The number of rotatable bonds is 6. The fourth-order valence-corrected chi connectivity index (χ4v) is 3.86. The van der Waals surface area contributed by atoms with Crippen molar-refractivity contribution >= 4 is 34.0 Å². The first kappa shape index (κ1) is 18.1. The van der Waals surface area contributed by atoms with E-state index in [2.05, 4.69) is 26.9 Å². The molecule has 2 aromatic heterocycles. The molecule has 3 rings (SSSR count). The maximum atomic E-state index is 12.1. The molecule has 0 aliphatic carbocycles. The van der Waals surface area contributed by atoms with Crippen LogP contribution in [0.5, 0.6) is 0 Å². The highest BCUT2D eigenvalue weighted by atomic mass is 32.2. The molecular formula is C17H16N6OS2. The zero-order valence-electron chi connectivity index (χ0n) is 14.3. The Morgan fingerprint density at radius 2 is 2.23 bits per heavy atom. The van der Waals surface area contributed by atoms with E-state index in [1.54, 1.807) is 16.1 Å². The summed E-state index contributed by atoms with van der Waals surface area (Å²) >= 11 is 2.76. The summed E-state index contributed by atoms with van der Waals surface area (Å²) in [6.07, 6.45) is 0.299. The highest BCUT2D eigenvalue weighted by Crippen LogP contribution is 2.24. The van der Waals surface area contributed by atoms with Crippen LogP contribution >= 0.6 is 23.1 Å². The molecule has 0 unspecified atom stereocenters. The predicted octanol–water partition coefficient (Wildman–Crippen LogP) is 3.33. The highest BCUT2D eigenvalue weighted by molar-refractivity contribution is 7.99. The predicted molar refractivity (Wildman–Crippen MR) is 102 cm³/mol. The highest BCUT2D eigenvalue weighted by Gasteiger charge is 2.13. The molecule has 3 aromatic rings. The Morgan fingerprint density at radius 1 is 1.38 bits per heavy atom. The van der Waals surface area contributed by atoms with E-state index in [9.17, 15) is 4.79 Å². The van der Waals surface area contributed by atoms with E-state index in [4.69, 9.17) is 5.26 Å². The summed E-state index contributed by atoms with van der Waals surface area (Å²) in [5.41, 5.74) is 3.61. The molecule has 0 aliphatic rings. The third-order valence-electron chi connectivity index (χ3n) is 3.63. The summed E-state index contributed by atoms with van der Waals surface area (Å²) < 4.78 is 1.69. The number of tetrazole rings is 1. The third-order valence-corrected chi connectivity index (χ3v) is 5.38. The first-order valence-corrected chi connectivity index (χ1v) is 9.71. The van der Waals surface area contributed by atoms with Crippen LogP contribution in [0.3, 0.4) is 0 Å². The molecule has 1 aromatic carbocycles. The lowest BCUT2D eigenvalue weighted by molar-refractivity contribution is -0.115. The summed E-state index contributed by atoms with van der Waals surface area (Å²) in [5.74, 6) is 0.395. The number of nitrogens with zero attached hydrogens (tertiary/aromatic N) is 5. The van der Waals surface area contributed by atoms with Gasteiger partial charge >= 0.3 is 0 Å². The van der Waals surface area contributed by atoms with Crippen molar-refractivity contribution < 1.29 is 4.79 Å². The largest absolute Gasteiger partial charge is 0.317 e. The maximum absolute atomic E-state index is 12.1.